The second-order valence-corrected chi connectivity index (χ2v) is 8.73. The molecule has 0 aliphatic rings. The van der Waals surface area contributed by atoms with Crippen LogP contribution in [0.25, 0.3) is 0 Å². The van der Waals surface area contributed by atoms with Gasteiger partial charge < -0.3 is 21.7 Å². The van der Waals surface area contributed by atoms with Crippen molar-refractivity contribution in [3.63, 3.8) is 0 Å². The van der Waals surface area contributed by atoms with E-state index in [0.717, 1.165) is 12.1 Å². The van der Waals surface area contributed by atoms with Gasteiger partial charge in [-0.3, -0.25) is 0 Å². The van der Waals surface area contributed by atoms with Crippen LogP contribution in [-0.4, -0.2) is 34.9 Å². The minimum absolute atomic E-state index is 0.219. The Balaban J connectivity index is 2.88. The van der Waals surface area contributed by atoms with Gasteiger partial charge in [0.15, 0.2) is 0 Å². The van der Waals surface area contributed by atoms with Gasteiger partial charge in [-0.1, -0.05) is 26.0 Å². The van der Waals surface area contributed by atoms with Gasteiger partial charge in [-0.15, -0.1) is 0 Å². The Hall–Kier alpha value is -2.88. The predicted molar refractivity (Wildman–Crippen MR) is 115 cm³/mol. The van der Waals surface area contributed by atoms with E-state index in [2.05, 4.69) is 0 Å². The van der Waals surface area contributed by atoms with Gasteiger partial charge in [-0.05, 0) is 53.6 Å². The van der Waals surface area contributed by atoms with Crippen LogP contribution < -0.4 is 11.5 Å². The molecule has 0 bridgehead atoms. The molecule has 2 rings (SSSR count). The zero-order valence-electron chi connectivity index (χ0n) is 20.0. The number of nitrogen functional groups attached to an aromatic ring is 2. The van der Waals surface area contributed by atoms with Crippen LogP contribution in [0.2, 0.25) is 0 Å². The van der Waals surface area contributed by atoms with Crippen LogP contribution in [0.15, 0.2) is 24.3 Å². The van der Waals surface area contributed by atoms with E-state index in [4.69, 9.17) is 11.5 Å². The summed E-state index contributed by atoms with van der Waals surface area (Å²) < 4.78 is 162. The Morgan fingerprint density at radius 2 is 0.795 bits per heavy atom. The second-order valence-electron chi connectivity index (χ2n) is 8.73. The normalized spacial score (nSPS) is 14.2. The quantitative estimate of drug-likeness (QED) is 0.240. The average Bonchev–Trinajstić information content (AvgIpc) is 2.76. The van der Waals surface area contributed by atoms with Crippen molar-refractivity contribution >= 4 is 11.4 Å². The second kappa shape index (κ2) is 9.94. The first-order valence-corrected chi connectivity index (χ1v) is 10.9. The third kappa shape index (κ3) is 5.32. The summed E-state index contributed by atoms with van der Waals surface area (Å²) in [6.45, 7) is 2.59. The first-order chi connectivity index (χ1) is 17.4. The summed E-state index contributed by atoms with van der Waals surface area (Å²) in [4.78, 5) is 0. The molecule has 16 heteroatoms. The highest BCUT2D eigenvalue weighted by atomic mass is 19.4. The van der Waals surface area contributed by atoms with E-state index in [1.807, 2.05) is 0 Å². The Bertz CT molecular complexity index is 1090. The number of aryl methyl sites for hydroxylation is 2. The lowest BCUT2D eigenvalue weighted by atomic mass is 9.84. The van der Waals surface area contributed by atoms with Gasteiger partial charge in [0.1, 0.15) is 0 Å². The number of benzene rings is 2. The van der Waals surface area contributed by atoms with Crippen LogP contribution in [0.3, 0.4) is 0 Å². The minimum Gasteiger partial charge on any atom is -0.398 e. The molecule has 0 aliphatic heterocycles. The number of hydrogen-bond donors (Lipinski definition) is 4. The van der Waals surface area contributed by atoms with Crippen molar-refractivity contribution in [2.24, 2.45) is 0 Å². The van der Waals surface area contributed by atoms with Crippen molar-refractivity contribution in [2.45, 2.75) is 69.0 Å². The van der Waals surface area contributed by atoms with Gasteiger partial charge >= 0.3 is 24.7 Å². The largest absolute Gasteiger partial charge is 0.430 e. The molecule has 4 nitrogen and oxygen atoms in total. The van der Waals surface area contributed by atoms with Crippen molar-refractivity contribution in [1.29, 1.82) is 0 Å². The Kier molecular flexibility index (Phi) is 8.24. The van der Waals surface area contributed by atoms with Crippen molar-refractivity contribution in [1.82, 2.24) is 0 Å². The zero-order chi connectivity index (χ0) is 30.6. The molecule has 0 unspecified atom stereocenters. The fourth-order valence-corrected chi connectivity index (χ4v) is 4.11. The molecule has 0 saturated carbocycles. The van der Waals surface area contributed by atoms with E-state index in [9.17, 15) is 62.9 Å². The van der Waals surface area contributed by atoms with Crippen molar-refractivity contribution < 1.29 is 62.9 Å². The number of anilines is 2. The van der Waals surface area contributed by atoms with E-state index < -0.39 is 76.0 Å². The molecule has 39 heavy (non-hydrogen) atoms. The SMILES string of the molecule is CCc1cc(Cc2cc(CC)c(N)c(C(O)(C(F)(F)F)C(F)(F)F)c2)cc(C(O)(C(F)(F)F)C(F)(F)F)c1N. The summed E-state index contributed by atoms with van der Waals surface area (Å²) in [5.41, 5.74) is -7.18. The highest BCUT2D eigenvalue weighted by Crippen LogP contribution is 2.54. The summed E-state index contributed by atoms with van der Waals surface area (Å²) in [6.07, 6.45) is -26.6. The van der Waals surface area contributed by atoms with E-state index in [1.54, 1.807) is 0 Å². The van der Waals surface area contributed by atoms with E-state index in [0.29, 0.717) is 0 Å². The summed E-state index contributed by atoms with van der Waals surface area (Å²) in [5, 5.41) is 19.7. The van der Waals surface area contributed by atoms with Gasteiger partial charge in [0.2, 0.25) is 0 Å². The van der Waals surface area contributed by atoms with Gasteiger partial charge in [-0.2, -0.15) is 52.7 Å². The predicted octanol–water partition coefficient (Wildman–Crippen LogP) is 6.19. The number of hydrogen-bond acceptors (Lipinski definition) is 4. The lowest BCUT2D eigenvalue weighted by Gasteiger charge is -2.34. The number of alkyl halides is 12. The lowest BCUT2D eigenvalue weighted by Crippen LogP contribution is -2.54. The van der Waals surface area contributed by atoms with Crippen molar-refractivity contribution in [3.8, 4) is 0 Å². The molecular formula is C23H22F12N2O2. The number of halogens is 12. The van der Waals surface area contributed by atoms with Gasteiger partial charge in [0.25, 0.3) is 11.2 Å². The summed E-state index contributed by atoms with van der Waals surface area (Å²) in [6, 6.07) is 2.43. The third-order valence-corrected chi connectivity index (χ3v) is 6.24. The molecule has 2 aromatic carbocycles. The molecule has 0 aromatic heterocycles. The molecule has 0 radical (unpaired) electrons. The van der Waals surface area contributed by atoms with Crippen LogP contribution in [-0.2, 0) is 30.5 Å². The topological polar surface area (TPSA) is 92.5 Å². The summed E-state index contributed by atoms with van der Waals surface area (Å²) in [5.74, 6) is 0. The molecule has 2 aromatic rings. The highest BCUT2D eigenvalue weighted by molar-refractivity contribution is 5.62. The van der Waals surface area contributed by atoms with E-state index >= 15 is 0 Å². The Morgan fingerprint density at radius 1 is 0.538 bits per heavy atom. The van der Waals surface area contributed by atoms with Gasteiger partial charge in [0.05, 0.1) is 0 Å². The molecule has 0 fully saturated rings. The Morgan fingerprint density at radius 3 is 1.00 bits per heavy atom. The highest BCUT2D eigenvalue weighted by Gasteiger charge is 2.73. The molecule has 0 spiro atoms. The lowest BCUT2D eigenvalue weighted by molar-refractivity contribution is -0.376. The average molecular weight is 586 g/mol. The van der Waals surface area contributed by atoms with Gasteiger partial charge in [-0.25, -0.2) is 0 Å². The van der Waals surface area contributed by atoms with Gasteiger partial charge in [0, 0.05) is 22.5 Å². The molecule has 0 atom stereocenters. The molecule has 6 N–H and O–H groups in total. The first-order valence-electron chi connectivity index (χ1n) is 10.9. The molecule has 0 amide bonds. The maximum atomic E-state index is 13.5. The van der Waals surface area contributed by atoms with Crippen LogP contribution in [0.5, 0.6) is 0 Å². The summed E-state index contributed by atoms with van der Waals surface area (Å²) >= 11 is 0. The third-order valence-electron chi connectivity index (χ3n) is 6.24. The maximum Gasteiger partial charge on any atom is 0.430 e. The van der Waals surface area contributed by atoms with Crippen molar-refractivity contribution in [2.75, 3.05) is 11.5 Å². The first kappa shape index (κ1) is 32.3. The Labute approximate surface area is 213 Å². The van der Waals surface area contributed by atoms with Crippen molar-refractivity contribution in [3.05, 3.63) is 57.6 Å². The maximum absolute atomic E-state index is 13.5. The summed E-state index contributed by atoms with van der Waals surface area (Å²) in [7, 11) is 0. The molecule has 0 saturated heterocycles. The smallest absolute Gasteiger partial charge is 0.398 e. The van der Waals surface area contributed by atoms with Crippen LogP contribution >= 0.6 is 0 Å². The fourth-order valence-electron chi connectivity index (χ4n) is 4.11. The molecular weight excluding hydrogens is 564 g/mol. The number of aliphatic hydroxyl groups is 2. The fraction of sp³-hybridized carbons (Fsp3) is 0.478. The monoisotopic (exact) mass is 586 g/mol. The van der Waals surface area contributed by atoms with E-state index in [-0.39, 0.29) is 36.1 Å². The molecule has 220 valence electrons. The van der Waals surface area contributed by atoms with Crippen LogP contribution in [0.4, 0.5) is 64.1 Å². The van der Waals surface area contributed by atoms with Crippen LogP contribution in [0, 0.1) is 0 Å². The molecule has 0 aliphatic carbocycles. The van der Waals surface area contributed by atoms with Crippen LogP contribution in [0.1, 0.15) is 47.2 Å². The standard InChI is InChI=1S/C23H22F12N2O2/c1-3-12-6-10(8-14(16(12)36)18(38,20(24,25)26)21(27,28)29)5-11-7-13(4-2)17(37)15(9-11)19(39,22(30,31)32)23(33,34)35/h6-9,38-39H,3-5,36-37H2,1-2H3. The van der Waals surface area contributed by atoms with E-state index in [1.165, 1.54) is 13.8 Å². The number of rotatable bonds is 6. The number of nitrogens with two attached hydrogens (primary N) is 2. The zero-order valence-corrected chi connectivity index (χ0v) is 20.0. The minimum atomic E-state index is -6.32. The molecule has 0 heterocycles.